The Balaban J connectivity index is 1.94. The number of carbonyl (C=O) groups is 1. The highest BCUT2D eigenvalue weighted by atomic mass is 79.9. The Morgan fingerprint density at radius 1 is 0.926 bits per heavy atom. The van der Waals surface area contributed by atoms with Gasteiger partial charge >= 0.3 is 0 Å². The van der Waals surface area contributed by atoms with Gasteiger partial charge in [-0.3, -0.25) is 9.78 Å². The van der Waals surface area contributed by atoms with E-state index in [1.165, 1.54) is 0 Å². The molecular weight excluding hydrogens is 470 g/mol. The highest BCUT2D eigenvalue weighted by Crippen LogP contribution is 2.26. The van der Waals surface area contributed by atoms with Crippen LogP contribution in [0.25, 0.3) is 0 Å². The number of hydrogen-bond acceptors (Lipinski definition) is 2. The number of aromatic nitrogens is 1. The first kappa shape index (κ1) is 20.2. The van der Waals surface area contributed by atoms with Gasteiger partial charge in [0, 0.05) is 45.0 Å². The third-order valence-electron chi connectivity index (χ3n) is 3.84. The van der Waals surface area contributed by atoms with Gasteiger partial charge in [-0.1, -0.05) is 40.9 Å². The van der Waals surface area contributed by atoms with E-state index < -0.39 is 0 Å². The van der Waals surface area contributed by atoms with E-state index in [9.17, 15) is 4.79 Å². The van der Waals surface area contributed by atoms with Gasteiger partial charge in [0.2, 0.25) is 0 Å². The van der Waals surface area contributed by atoms with Gasteiger partial charge in [0.05, 0.1) is 5.56 Å². The fourth-order valence-corrected chi connectivity index (χ4v) is 4.09. The Labute approximate surface area is 181 Å². The zero-order valence-corrected chi connectivity index (χ0v) is 17.9. The zero-order chi connectivity index (χ0) is 19.4. The number of halogens is 4. The minimum Gasteiger partial charge on any atom is -0.330 e. The number of nitrogens with zero attached hydrogens (tertiary/aromatic N) is 2. The highest BCUT2D eigenvalue weighted by molar-refractivity contribution is 9.10. The normalized spacial score (nSPS) is 10.7. The Morgan fingerprint density at radius 3 is 2.26 bits per heavy atom. The van der Waals surface area contributed by atoms with Crippen molar-refractivity contribution in [1.82, 2.24) is 9.88 Å². The number of amides is 1. The molecule has 7 heteroatoms. The maximum Gasteiger partial charge on any atom is 0.255 e. The molecule has 138 valence electrons. The van der Waals surface area contributed by atoms with Crippen LogP contribution in [0.3, 0.4) is 0 Å². The molecule has 0 N–H and O–H groups in total. The summed E-state index contributed by atoms with van der Waals surface area (Å²) in [4.78, 5) is 19.1. The predicted molar refractivity (Wildman–Crippen MR) is 113 cm³/mol. The molecule has 27 heavy (non-hydrogen) atoms. The second-order valence-electron chi connectivity index (χ2n) is 5.92. The first-order valence-corrected chi connectivity index (χ1v) is 9.93. The molecule has 0 saturated carbocycles. The lowest BCUT2D eigenvalue weighted by Crippen LogP contribution is -2.30. The Bertz CT molecular complexity index is 946. The van der Waals surface area contributed by atoms with Crippen molar-refractivity contribution in [3.05, 3.63) is 97.2 Å². The molecule has 3 aromatic rings. The minimum absolute atomic E-state index is 0.140. The van der Waals surface area contributed by atoms with Crippen LogP contribution in [-0.2, 0) is 13.1 Å². The van der Waals surface area contributed by atoms with Crippen molar-refractivity contribution in [2.24, 2.45) is 0 Å². The molecule has 0 aliphatic heterocycles. The number of carbonyl (C=O) groups excluding carboxylic acids is 1. The van der Waals surface area contributed by atoms with Crippen LogP contribution in [0.4, 0.5) is 0 Å². The third kappa shape index (κ3) is 5.45. The molecule has 0 aliphatic rings. The summed E-state index contributed by atoms with van der Waals surface area (Å²) in [6.45, 7) is 0.745. The van der Waals surface area contributed by atoms with Gasteiger partial charge in [0.15, 0.2) is 0 Å². The van der Waals surface area contributed by atoms with Gasteiger partial charge in [0.1, 0.15) is 0 Å². The van der Waals surface area contributed by atoms with E-state index in [-0.39, 0.29) is 5.91 Å². The van der Waals surface area contributed by atoms with E-state index in [4.69, 9.17) is 34.8 Å². The molecule has 0 saturated heterocycles. The standard InChI is InChI=1S/C20H14BrCl3N2O/c21-19-9-15(22)3-4-18(19)20(27)26(11-13-2-1-5-25-10-13)12-14-6-16(23)8-17(24)7-14/h1-10H,11-12H2. The van der Waals surface area contributed by atoms with Crippen molar-refractivity contribution >= 4 is 56.6 Å². The number of pyridine rings is 1. The summed E-state index contributed by atoms with van der Waals surface area (Å²) in [6, 6.07) is 14.1. The first-order valence-electron chi connectivity index (χ1n) is 8.00. The molecule has 1 heterocycles. The molecule has 0 fully saturated rings. The monoisotopic (exact) mass is 482 g/mol. The van der Waals surface area contributed by atoms with Crippen molar-refractivity contribution in [2.45, 2.75) is 13.1 Å². The number of benzene rings is 2. The second kappa shape index (κ2) is 9.07. The van der Waals surface area contributed by atoms with Crippen molar-refractivity contribution in [2.75, 3.05) is 0 Å². The third-order valence-corrected chi connectivity index (χ3v) is 5.17. The molecule has 0 radical (unpaired) electrons. The zero-order valence-electron chi connectivity index (χ0n) is 14.0. The summed E-state index contributed by atoms with van der Waals surface area (Å²) in [7, 11) is 0. The molecule has 0 aliphatic carbocycles. The number of hydrogen-bond donors (Lipinski definition) is 0. The molecule has 0 atom stereocenters. The minimum atomic E-state index is -0.140. The van der Waals surface area contributed by atoms with Crippen LogP contribution in [-0.4, -0.2) is 15.8 Å². The van der Waals surface area contributed by atoms with Gasteiger partial charge in [-0.15, -0.1) is 0 Å². The van der Waals surface area contributed by atoms with Gasteiger partial charge in [-0.25, -0.2) is 0 Å². The largest absolute Gasteiger partial charge is 0.330 e. The van der Waals surface area contributed by atoms with Crippen LogP contribution in [0.5, 0.6) is 0 Å². The summed E-state index contributed by atoms with van der Waals surface area (Å²) >= 11 is 21.7. The van der Waals surface area contributed by atoms with Gasteiger partial charge in [-0.05, 0) is 69.5 Å². The molecule has 0 spiro atoms. The fourth-order valence-electron chi connectivity index (χ4n) is 2.67. The van der Waals surface area contributed by atoms with Gasteiger partial charge in [-0.2, -0.15) is 0 Å². The molecule has 2 aromatic carbocycles. The van der Waals surface area contributed by atoms with E-state index in [0.717, 1.165) is 11.1 Å². The fraction of sp³-hybridized carbons (Fsp3) is 0.100. The average Bonchev–Trinajstić information content (AvgIpc) is 2.61. The molecule has 0 bridgehead atoms. The molecule has 1 aromatic heterocycles. The Hall–Kier alpha value is -1.59. The van der Waals surface area contributed by atoms with Crippen molar-refractivity contribution in [1.29, 1.82) is 0 Å². The summed E-state index contributed by atoms with van der Waals surface area (Å²) in [5, 5.41) is 1.61. The quantitative estimate of drug-likeness (QED) is 0.406. The maximum absolute atomic E-state index is 13.2. The SMILES string of the molecule is O=C(c1ccc(Cl)cc1Br)N(Cc1cccnc1)Cc1cc(Cl)cc(Cl)c1. The lowest BCUT2D eigenvalue weighted by atomic mass is 10.1. The second-order valence-corrected chi connectivity index (χ2v) is 8.09. The lowest BCUT2D eigenvalue weighted by Gasteiger charge is -2.24. The molecule has 3 rings (SSSR count). The van der Waals surface area contributed by atoms with Crippen LogP contribution in [0.15, 0.2) is 65.4 Å². The molecule has 1 amide bonds. The summed E-state index contributed by atoms with van der Waals surface area (Å²) in [5.74, 6) is -0.140. The van der Waals surface area contributed by atoms with Gasteiger partial charge < -0.3 is 4.90 Å². The first-order chi connectivity index (χ1) is 12.9. The van der Waals surface area contributed by atoms with Crippen molar-refractivity contribution in [3.8, 4) is 0 Å². The topological polar surface area (TPSA) is 33.2 Å². The number of rotatable bonds is 5. The van der Waals surface area contributed by atoms with Crippen molar-refractivity contribution < 1.29 is 4.79 Å². The lowest BCUT2D eigenvalue weighted by molar-refractivity contribution is 0.0729. The summed E-state index contributed by atoms with van der Waals surface area (Å²) in [6.07, 6.45) is 3.43. The van der Waals surface area contributed by atoms with Crippen molar-refractivity contribution in [3.63, 3.8) is 0 Å². The van der Waals surface area contributed by atoms with Crippen LogP contribution >= 0.6 is 50.7 Å². The van der Waals surface area contributed by atoms with Crippen LogP contribution < -0.4 is 0 Å². The van der Waals surface area contributed by atoms with Crippen LogP contribution in [0, 0.1) is 0 Å². The molecular formula is C20H14BrCl3N2O. The average molecular weight is 485 g/mol. The van der Waals surface area contributed by atoms with E-state index in [1.54, 1.807) is 53.7 Å². The van der Waals surface area contributed by atoms with Crippen LogP contribution in [0.1, 0.15) is 21.5 Å². The molecule has 0 unspecified atom stereocenters. The highest BCUT2D eigenvalue weighted by Gasteiger charge is 2.20. The van der Waals surface area contributed by atoms with Crippen LogP contribution in [0.2, 0.25) is 15.1 Å². The smallest absolute Gasteiger partial charge is 0.255 e. The van der Waals surface area contributed by atoms with E-state index in [0.29, 0.717) is 38.2 Å². The molecule has 3 nitrogen and oxygen atoms in total. The van der Waals surface area contributed by atoms with E-state index in [2.05, 4.69) is 20.9 Å². The van der Waals surface area contributed by atoms with E-state index >= 15 is 0 Å². The van der Waals surface area contributed by atoms with E-state index in [1.807, 2.05) is 12.1 Å². The Morgan fingerprint density at radius 2 is 1.63 bits per heavy atom. The predicted octanol–water partition coefficient (Wildman–Crippen LogP) is 6.65. The Kier molecular flexibility index (Phi) is 6.77. The summed E-state index contributed by atoms with van der Waals surface area (Å²) in [5.41, 5.74) is 2.29. The maximum atomic E-state index is 13.2. The summed E-state index contributed by atoms with van der Waals surface area (Å²) < 4.78 is 0.639. The van der Waals surface area contributed by atoms with Gasteiger partial charge in [0.25, 0.3) is 5.91 Å².